The van der Waals surface area contributed by atoms with Crippen molar-refractivity contribution in [3.05, 3.63) is 63.9 Å². The van der Waals surface area contributed by atoms with Crippen LogP contribution in [0.25, 0.3) is 16.6 Å². The van der Waals surface area contributed by atoms with Gasteiger partial charge in [-0.3, -0.25) is 9.36 Å². The summed E-state index contributed by atoms with van der Waals surface area (Å²) in [6, 6.07) is 13.6. The molecule has 0 saturated carbocycles. The highest BCUT2D eigenvalue weighted by molar-refractivity contribution is 7.99. The molecule has 1 fully saturated rings. The van der Waals surface area contributed by atoms with Gasteiger partial charge in [-0.1, -0.05) is 36.0 Å². The van der Waals surface area contributed by atoms with E-state index in [0.29, 0.717) is 5.39 Å². The number of para-hydroxylation sites is 1. The Morgan fingerprint density at radius 1 is 1.15 bits per heavy atom. The minimum Gasteiger partial charge on any atom is -0.377 e. The van der Waals surface area contributed by atoms with E-state index in [4.69, 9.17) is 9.72 Å². The van der Waals surface area contributed by atoms with E-state index in [0.717, 1.165) is 47.1 Å². The zero-order chi connectivity index (χ0) is 18.8. The van der Waals surface area contributed by atoms with Gasteiger partial charge in [0.1, 0.15) is 0 Å². The lowest BCUT2D eigenvalue weighted by atomic mass is 10.1. The van der Waals surface area contributed by atoms with Crippen LogP contribution in [-0.2, 0) is 4.74 Å². The van der Waals surface area contributed by atoms with Crippen LogP contribution in [0.15, 0.2) is 52.4 Å². The van der Waals surface area contributed by atoms with Crippen LogP contribution < -0.4 is 5.56 Å². The van der Waals surface area contributed by atoms with E-state index in [1.807, 2.05) is 36.4 Å². The zero-order valence-corrected chi connectivity index (χ0v) is 16.6. The molecule has 1 aromatic heterocycles. The first-order valence-electron chi connectivity index (χ1n) is 9.48. The molecule has 0 N–H and O–H groups in total. The molecule has 4 rings (SSSR count). The number of hydrogen-bond acceptors (Lipinski definition) is 4. The van der Waals surface area contributed by atoms with Crippen LogP contribution in [0.1, 0.15) is 30.4 Å². The van der Waals surface area contributed by atoms with Crippen molar-refractivity contribution in [3.8, 4) is 5.69 Å². The lowest BCUT2D eigenvalue weighted by Gasteiger charge is -2.23. The van der Waals surface area contributed by atoms with Crippen LogP contribution in [-0.4, -0.2) is 28.0 Å². The summed E-state index contributed by atoms with van der Waals surface area (Å²) in [6.45, 7) is 4.96. The molecular formula is C22H24N2O2S. The van der Waals surface area contributed by atoms with Crippen molar-refractivity contribution >= 4 is 22.7 Å². The fraction of sp³-hybridized carbons (Fsp3) is 0.364. The van der Waals surface area contributed by atoms with E-state index < -0.39 is 0 Å². The first-order valence-corrected chi connectivity index (χ1v) is 10.5. The number of thioether (sulfide) groups is 1. The largest absolute Gasteiger partial charge is 0.377 e. The number of fused-ring (bicyclic) bond motifs is 1. The highest BCUT2D eigenvalue weighted by Crippen LogP contribution is 2.27. The smallest absolute Gasteiger partial charge is 0.266 e. The van der Waals surface area contributed by atoms with Crippen molar-refractivity contribution in [2.45, 2.75) is 44.4 Å². The van der Waals surface area contributed by atoms with Crippen LogP contribution >= 0.6 is 11.8 Å². The Hall–Kier alpha value is -2.11. The Kier molecular flexibility index (Phi) is 5.32. The van der Waals surface area contributed by atoms with Gasteiger partial charge in [0.25, 0.3) is 5.56 Å². The summed E-state index contributed by atoms with van der Waals surface area (Å²) in [6.07, 6.45) is 3.66. The van der Waals surface area contributed by atoms with Gasteiger partial charge in [0.05, 0.1) is 22.7 Å². The van der Waals surface area contributed by atoms with Crippen LogP contribution in [0.2, 0.25) is 0 Å². The Labute approximate surface area is 163 Å². The predicted molar refractivity (Wildman–Crippen MR) is 111 cm³/mol. The molecule has 0 aliphatic carbocycles. The monoisotopic (exact) mass is 380 g/mol. The summed E-state index contributed by atoms with van der Waals surface area (Å²) in [5.74, 6) is 0.815. The summed E-state index contributed by atoms with van der Waals surface area (Å²) in [7, 11) is 0. The van der Waals surface area contributed by atoms with Crippen molar-refractivity contribution < 1.29 is 4.74 Å². The number of aryl methyl sites for hydroxylation is 1. The first-order chi connectivity index (χ1) is 13.1. The number of hydrogen-bond donors (Lipinski definition) is 0. The van der Waals surface area contributed by atoms with Gasteiger partial charge in [-0.25, -0.2) is 4.98 Å². The van der Waals surface area contributed by atoms with E-state index in [9.17, 15) is 4.79 Å². The van der Waals surface area contributed by atoms with Gasteiger partial charge in [-0.15, -0.1) is 0 Å². The molecule has 1 aliphatic heterocycles. The lowest BCUT2D eigenvalue weighted by Crippen LogP contribution is -2.25. The van der Waals surface area contributed by atoms with Crippen molar-refractivity contribution in [1.29, 1.82) is 0 Å². The summed E-state index contributed by atoms with van der Waals surface area (Å²) in [4.78, 5) is 18.2. The highest BCUT2D eigenvalue weighted by atomic mass is 32.2. The molecule has 27 heavy (non-hydrogen) atoms. The second-order valence-corrected chi connectivity index (χ2v) is 8.06. The Bertz CT molecular complexity index is 1020. The number of rotatable bonds is 4. The molecule has 1 atom stereocenters. The van der Waals surface area contributed by atoms with Crippen LogP contribution in [0, 0.1) is 13.8 Å². The average molecular weight is 381 g/mol. The van der Waals surface area contributed by atoms with Gasteiger partial charge in [0, 0.05) is 12.4 Å². The van der Waals surface area contributed by atoms with E-state index in [2.05, 4.69) is 19.9 Å². The van der Waals surface area contributed by atoms with E-state index in [1.165, 1.54) is 12.0 Å². The zero-order valence-electron chi connectivity index (χ0n) is 15.8. The third kappa shape index (κ3) is 3.66. The average Bonchev–Trinajstić information content (AvgIpc) is 2.70. The first kappa shape index (κ1) is 18.3. The molecule has 1 unspecified atom stereocenters. The topological polar surface area (TPSA) is 44.1 Å². The summed E-state index contributed by atoms with van der Waals surface area (Å²) >= 11 is 1.62. The minimum atomic E-state index is -0.0126. The lowest BCUT2D eigenvalue weighted by molar-refractivity contribution is 0.0315. The Morgan fingerprint density at radius 2 is 2.00 bits per heavy atom. The van der Waals surface area contributed by atoms with Gasteiger partial charge in [0.2, 0.25) is 0 Å². The third-order valence-corrected chi connectivity index (χ3v) is 6.30. The number of ether oxygens (including phenoxy) is 1. The molecule has 2 aromatic carbocycles. The summed E-state index contributed by atoms with van der Waals surface area (Å²) < 4.78 is 7.65. The highest BCUT2D eigenvalue weighted by Gasteiger charge is 2.19. The molecule has 4 nitrogen and oxygen atoms in total. The molecule has 5 heteroatoms. The maximum Gasteiger partial charge on any atom is 0.266 e. The summed E-state index contributed by atoms with van der Waals surface area (Å²) in [5, 5.41) is 1.39. The molecule has 140 valence electrons. The van der Waals surface area contributed by atoms with Crippen LogP contribution in [0.4, 0.5) is 0 Å². The van der Waals surface area contributed by atoms with Crippen LogP contribution in [0.3, 0.4) is 0 Å². The Morgan fingerprint density at radius 3 is 2.81 bits per heavy atom. The maximum absolute atomic E-state index is 13.3. The SMILES string of the molecule is Cc1cccc(-n2c(SCC3CCCCO3)nc3ccccc3c2=O)c1C. The number of aromatic nitrogens is 2. The van der Waals surface area contributed by atoms with Gasteiger partial charge in [-0.2, -0.15) is 0 Å². The second kappa shape index (κ2) is 7.87. The Balaban J connectivity index is 1.82. The van der Waals surface area contributed by atoms with Gasteiger partial charge in [0.15, 0.2) is 5.16 Å². The molecule has 2 heterocycles. The fourth-order valence-electron chi connectivity index (χ4n) is 3.51. The molecule has 3 aromatic rings. The minimum absolute atomic E-state index is 0.0126. The molecular weight excluding hydrogens is 356 g/mol. The van der Waals surface area contributed by atoms with Gasteiger partial charge < -0.3 is 4.74 Å². The molecule has 0 spiro atoms. The quantitative estimate of drug-likeness (QED) is 0.488. The predicted octanol–water partition coefficient (Wildman–Crippen LogP) is 4.66. The van der Waals surface area contributed by atoms with Crippen LogP contribution in [0.5, 0.6) is 0 Å². The van der Waals surface area contributed by atoms with Gasteiger partial charge in [-0.05, 0) is 62.4 Å². The van der Waals surface area contributed by atoms with E-state index in [-0.39, 0.29) is 11.7 Å². The molecule has 0 radical (unpaired) electrons. The normalized spacial score (nSPS) is 17.3. The summed E-state index contributed by atoms with van der Waals surface area (Å²) in [5.41, 5.74) is 3.91. The number of nitrogens with zero attached hydrogens (tertiary/aromatic N) is 2. The number of benzene rings is 2. The van der Waals surface area contributed by atoms with E-state index in [1.54, 1.807) is 16.3 Å². The second-order valence-electron chi connectivity index (χ2n) is 7.07. The van der Waals surface area contributed by atoms with E-state index >= 15 is 0 Å². The van der Waals surface area contributed by atoms with Crippen molar-refractivity contribution in [2.24, 2.45) is 0 Å². The van der Waals surface area contributed by atoms with Crippen molar-refractivity contribution in [2.75, 3.05) is 12.4 Å². The molecule has 0 amide bonds. The fourth-order valence-corrected chi connectivity index (χ4v) is 4.58. The molecule has 0 bridgehead atoms. The molecule has 1 saturated heterocycles. The maximum atomic E-state index is 13.3. The standard InChI is InChI=1S/C22H24N2O2S/c1-15-8-7-12-20(16(15)2)24-21(25)18-10-3-4-11-19(18)23-22(24)27-14-17-9-5-6-13-26-17/h3-4,7-8,10-12,17H,5-6,9,13-14H2,1-2H3. The third-order valence-electron chi connectivity index (χ3n) is 5.23. The van der Waals surface area contributed by atoms with Crippen molar-refractivity contribution in [1.82, 2.24) is 9.55 Å². The molecule has 1 aliphatic rings. The van der Waals surface area contributed by atoms with Gasteiger partial charge >= 0.3 is 0 Å². The van der Waals surface area contributed by atoms with Crippen molar-refractivity contribution in [3.63, 3.8) is 0 Å².